The smallest absolute Gasteiger partial charge is 0.150 e. The van der Waals surface area contributed by atoms with Gasteiger partial charge in [0.25, 0.3) is 0 Å². The highest BCUT2D eigenvalue weighted by atomic mass is 16.5. The van der Waals surface area contributed by atoms with Crippen LogP contribution in [0.1, 0.15) is 29.3 Å². The zero-order valence-electron chi connectivity index (χ0n) is 8.53. The maximum Gasteiger partial charge on any atom is 0.150 e. The summed E-state index contributed by atoms with van der Waals surface area (Å²) in [6, 6.07) is 7.69. The molecule has 76 valence electrons. The van der Waals surface area contributed by atoms with E-state index in [2.05, 4.69) is 0 Å². The number of hydrogen-bond donors (Lipinski definition) is 0. The third-order valence-electron chi connectivity index (χ3n) is 2.12. The molecule has 0 radical (unpaired) electrons. The van der Waals surface area contributed by atoms with E-state index in [-0.39, 0.29) is 0 Å². The number of ether oxygens (including phenoxy) is 1. The lowest BCUT2D eigenvalue weighted by atomic mass is 10.0. The predicted molar refractivity (Wildman–Crippen MR) is 56.6 cm³/mol. The molecule has 0 N–H and O–H groups in total. The van der Waals surface area contributed by atoms with Crippen LogP contribution in [0, 0.1) is 0 Å². The molecule has 0 aromatic heterocycles. The first-order valence-electron chi connectivity index (χ1n) is 4.99. The fourth-order valence-corrected chi connectivity index (χ4v) is 1.39. The van der Waals surface area contributed by atoms with Crippen LogP contribution in [-0.2, 0) is 11.2 Å². The lowest BCUT2D eigenvalue weighted by Gasteiger charge is -2.04. The first-order chi connectivity index (χ1) is 6.88. The first-order valence-corrected chi connectivity index (χ1v) is 4.99. The van der Waals surface area contributed by atoms with E-state index in [0.717, 1.165) is 43.5 Å². The van der Waals surface area contributed by atoms with Crippen molar-refractivity contribution in [1.29, 1.82) is 0 Å². The molecule has 0 bridgehead atoms. The number of hydrogen-bond acceptors (Lipinski definition) is 2. The molecular weight excluding hydrogens is 176 g/mol. The second-order valence-corrected chi connectivity index (χ2v) is 3.12. The summed E-state index contributed by atoms with van der Waals surface area (Å²) in [6.07, 6.45) is 2.80. The Balaban J connectivity index is 2.45. The van der Waals surface area contributed by atoms with Crippen molar-refractivity contribution >= 4 is 6.29 Å². The number of aldehydes is 1. The molecule has 0 unspecified atom stereocenters. The van der Waals surface area contributed by atoms with Gasteiger partial charge in [0.1, 0.15) is 6.29 Å². The lowest BCUT2D eigenvalue weighted by Crippen LogP contribution is -1.98. The van der Waals surface area contributed by atoms with Gasteiger partial charge >= 0.3 is 0 Å². The maximum atomic E-state index is 10.7. The third kappa shape index (κ3) is 3.30. The topological polar surface area (TPSA) is 26.3 Å². The molecule has 0 fully saturated rings. The Labute approximate surface area is 84.9 Å². The molecule has 0 heterocycles. The largest absolute Gasteiger partial charge is 0.382 e. The first kappa shape index (κ1) is 10.9. The Morgan fingerprint density at radius 1 is 1.36 bits per heavy atom. The summed E-state index contributed by atoms with van der Waals surface area (Å²) in [5, 5.41) is 0. The highest BCUT2D eigenvalue weighted by molar-refractivity contribution is 5.77. The van der Waals surface area contributed by atoms with Gasteiger partial charge < -0.3 is 4.74 Å². The van der Waals surface area contributed by atoms with E-state index < -0.39 is 0 Å². The molecule has 0 saturated carbocycles. The molecule has 1 rings (SSSR count). The molecule has 1 aromatic carbocycles. The lowest BCUT2D eigenvalue weighted by molar-refractivity contribution is 0.112. The minimum atomic E-state index is 0.759. The molecule has 0 atom stereocenters. The average molecular weight is 192 g/mol. The molecular formula is C12H16O2. The van der Waals surface area contributed by atoms with Crippen molar-refractivity contribution in [3.05, 3.63) is 35.4 Å². The van der Waals surface area contributed by atoms with Crippen LogP contribution >= 0.6 is 0 Å². The van der Waals surface area contributed by atoms with Gasteiger partial charge in [-0.15, -0.1) is 0 Å². The Kier molecular flexibility index (Phi) is 4.94. The number of carbonyl (C=O) groups is 1. The molecule has 2 heteroatoms. The van der Waals surface area contributed by atoms with Crippen LogP contribution < -0.4 is 0 Å². The summed E-state index contributed by atoms with van der Waals surface area (Å²) in [6.45, 7) is 3.51. The van der Waals surface area contributed by atoms with Crippen molar-refractivity contribution in [2.75, 3.05) is 13.2 Å². The fourth-order valence-electron chi connectivity index (χ4n) is 1.39. The summed E-state index contributed by atoms with van der Waals surface area (Å²) < 4.78 is 5.24. The minimum Gasteiger partial charge on any atom is -0.382 e. The summed E-state index contributed by atoms with van der Waals surface area (Å²) in [7, 11) is 0. The van der Waals surface area contributed by atoms with Crippen LogP contribution in [0.4, 0.5) is 0 Å². The molecule has 0 aliphatic carbocycles. The number of rotatable bonds is 6. The van der Waals surface area contributed by atoms with Gasteiger partial charge in [0, 0.05) is 18.8 Å². The average Bonchev–Trinajstić information content (AvgIpc) is 2.25. The van der Waals surface area contributed by atoms with Gasteiger partial charge in [0.05, 0.1) is 0 Å². The number of benzene rings is 1. The van der Waals surface area contributed by atoms with Crippen LogP contribution in [0.3, 0.4) is 0 Å². The van der Waals surface area contributed by atoms with Gasteiger partial charge in [-0.2, -0.15) is 0 Å². The molecule has 0 amide bonds. The van der Waals surface area contributed by atoms with E-state index in [4.69, 9.17) is 4.74 Å². The zero-order chi connectivity index (χ0) is 10.2. The Morgan fingerprint density at radius 2 is 2.14 bits per heavy atom. The van der Waals surface area contributed by atoms with Crippen LogP contribution in [-0.4, -0.2) is 19.5 Å². The van der Waals surface area contributed by atoms with E-state index in [1.54, 1.807) is 0 Å². The standard InChI is InChI=1S/C12H16O2/c1-2-14-9-5-8-11-6-3-4-7-12(11)10-13/h3-4,6-7,10H,2,5,8-9H2,1H3. The number of carbonyl (C=O) groups excluding carboxylic acids is 1. The SMILES string of the molecule is CCOCCCc1ccccc1C=O. The van der Waals surface area contributed by atoms with Crippen LogP contribution in [0.25, 0.3) is 0 Å². The fraction of sp³-hybridized carbons (Fsp3) is 0.417. The molecule has 1 aromatic rings. The van der Waals surface area contributed by atoms with Crippen molar-refractivity contribution in [3.8, 4) is 0 Å². The van der Waals surface area contributed by atoms with Crippen LogP contribution in [0.15, 0.2) is 24.3 Å². The zero-order valence-corrected chi connectivity index (χ0v) is 8.53. The molecule has 0 saturated heterocycles. The molecule has 0 aliphatic rings. The second kappa shape index (κ2) is 6.33. The van der Waals surface area contributed by atoms with Crippen molar-refractivity contribution in [1.82, 2.24) is 0 Å². The van der Waals surface area contributed by atoms with Gasteiger partial charge in [-0.05, 0) is 25.3 Å². The van der Waals surface area contributed by atoms with Gasteiger partial charge in [-0.1, -0.05) is 24.3 Å². The van der Waals surface area contributed by atoms with Gasteiger partial charge in [0.15, 0.2) is 0 Å². The minimum absolute atomic E-state index is 0.759. The quantitative estimate of drug-likeness (QED) is 0.511. The Hall–Kier alpha value is -1.15. The van der Waals surface area contributed by atoms with E-state index in [9.17, 15) is 4.79 Å². The van der Waals surface area contributed by atoms with Gasteiger partial charge in [0.2, 0.25) is 0 Å². The molecule has 0 aliphatic heterocycles. The van der Waals surface area contributed by atoms with Crippen molar-refractivity contribution in [2.24, 2.45) is 0 Å². The Morgan fingerprint density at radius 3 is 2.86 bits per heavy atom. The van der Waals surface area contributed by atoms with Crippen LogP contribution in [0.5, 0.6) is 0 Å². The molecule has 2 nitrogen and oxygen atoms in total. The van der Waals surface area contributed by atoms with Gasteiger partial charge in [-0.25, -0.2) is 0 Å². The maximum absolute atomic E-state index is 10.7. The van der Waals surface area contributed by atoms with Crippen LogP contribution in [0.2, 0.25) is 0 Å². The monoisotopic (exact) mass is 192 g/mol. The molecule has 14 heavy (non-hydrogen) atoms. The number of aryl methyl sites for hydroxylation is 1. The van der Waals surface area contributed by atoms with E-state index in [1.807, 2.05) is 31.2 Å². The Bertz CT molecular complexity index is 281. The summed E-state index contributed by atoms with van der Waals surface area (Å²) in [4.78, 5) is 10.7. The second-order valence-electron chi connectivity index (χ2n) is 3.12. The summed E-state index contributed by atoms with van der Waals surface area (Å²) >= 11 is 0. The summed E-state index contributed by atoms with van der Waals surface area (Å²) in [5.74, 6) is 0. The molecule has 0 spiro atoms. The highest BCUT2D eigenvalue weighted by Gasteiger charge is 1.99. The van der Waals surface area contributed by atoms with Crippen molar-refractivity contribution in [2.45, 2.75) is 19.8 Å². The predicted octanol–water partition coefficient (Wildman–Crippen LogP) is 2.47. The van der Waals surface area contributed by atoms with E-state index in [0.29, 0.717) is 0 Å². The third-order valence-corrected chi connectivity index (χ3v) is 2.12. The normalized spacial score (nSPS) is 10.1. The van der Waals surface area contributed by atoms with Crippen molar-refractivity contribution < 1.29 is 9.53 Å². The van der Waals surface area contributed by atoms with Crippen molar-refractivity contribution in [3.63, 3.8) is 0 Å². The summed E-state index contributed by atoms with van der Waals surface area (Å²) in [5.41, 5.74) is 1.91. The van der Waals surface area contributed by atoms with E-state index >= 15 is 0 Å². The van der Waals surface area contributed by atoms with E-state index in [1.165, 1.54) is 0 Å². The van der Waals surface area contributed by atoms with Gasteiger partial charge in [-0.3, -0.25) is 4.79 Å². The highest BCUT2D eigenvalue weighted by Crippen LogP contribution is 2.08.